The van der Waals surface area contributed by atoms with Crippen molar-refractivity contribution in [2.45, 2.75) is 25.8 Å². The van der Waals surface area contributed by atoms with E-state index in [2.05, 4.69) is 15.1 Å². The van der Waals surface area contributed by atoms with Gasteiger partial charge >= 0.3 is 0 Å². The number of rotatable bonds is 2. The molecule has 1 fully saturated rings. The zero-order valence-electron chi connectivity index (χ0n) is 12.6. The van der Waals surface area contributed by atoms with Gasteiger partial charge in [-0.2, -0.15) is 9.61 Å². The number of hydrogen-bond donors (Lipinski definition) is 0. The Labute approximate surface area is 131 Å². The van der Waals surface area contributed by atoms with E-state index in [0.29, 0.717) is 30.1 Å². The maximum atomic E-state index is 14.5. The molecule has 0 saturated carbocycles. The predicted molar refractivity (Wildman–Crippen MR) is 81.2 cm³/mol. The van der Waals surface area contributed by atoms with E-state index in [1.54, 1.807) is 23.7 Å². The molecule has 1 aliphatic heterocycles. The largest absolute Gasteiger partial charge is 0.333 e. The fourth-order valence-electron chi connectivity index (χ4n) is 3.23. The molecular formula is C16H15F2N5. The average molecular weight is 315 g/mol. The van der Waals surface area contributed by atoms with Crippen LogP contribution < -0.4 is 4.90 Å². The summed E-state index contributed by atoms with van der Waals surface area (Å²) in [5, 5.41) is 4.22. The number of nitrogens with zero attached hydrogens (tertiary/aromatic N) is 5. The van der Waals surface area contributed by atoms with Crippen LogP contribution in [-0.2, 0) is 0 Å². The number of anilines is 1. The molecule has 1 atom stereocenters. The molecule has 0 bridgehead atoms. The van der Waals surface area contributed by atoms with Gasteiger partial charge in [-0.05, 0) is 31.4 Å². The molecule has 4 rings (SSSR count). The lowest BCUT2D eigenvalue weighted by Crippen LogP contribution is -2.27. The fourth-order valence-corrected chi connectivity index (χ4v) is 3.23. The number of hydrogen-bond acceptors (Lipinski definition) is 4. The standard InChI is InChI=1S/C16H15F2N5/c1-10-4-5-11(17)14(15(10)18)12-3-2-8-22(12)16-20-9-19-13-6-7-21-23(13)16/h4-7,9,12H,2-3,8H2,1H3. The Balaban J connectivity index is 1.84. The number of benzene rings is 1. The molecular weight excluding hydrogens is 300 g/mol. The first-order valence-corrected chi connectivity index (χ1v) is 7.52. The van der Waals surface area contributed by atoms with Gasteiger partial charge in [0.1, 0.15) is 18.0 Å². The van der Waals surface area contributed by atoms with Gasteiger partial charge < -0.3 is 4.90 Å². The minimum Gasteiger partial charge on any atom is -0.333 e. The Morgan fingerprint density at radius 1 is 1.17 bits per heavy atom. The topological polar surface area (TPSA) is 46.3 Å². The van der Waals surface area contributed by atoms with E-state index in [4.69, 9.17) is 0 Å². The van der Waals surface area contributed by atoms with Gasteiger partial charge in [-0.25, -0.2) is 18.7 Å². The molecule has 118 valence electrons. The minimum atomic E-state index is -0.518. The molecule has 3 aromatic rings. The zero-order chi connectivity index (χ0) is 16.0. The third-order valence-electron chi connectivity index (χ3n) is 4.34. The molecule has 0 aliphatic carbocycles. The molecule has 23 heavy (non-hydrogen) atoms. The van der Waals surface area contributed by atoms with E-state index in [1.165, 1.54) is 18.5 Å². The van der Waals surface area contributed by atoms with E-state index in [-0.39, 0.29) is 5.56 Å². The molecule has 1 aliphatic rings. The van der Waals surface area contributed by atoms with Crippen molar-refractivity contribution in [1.29, 1.82) is 0 Å². The van der Waals surface area contributed by atoms with Crippen LogP contribution >= 0.6 is 0 Å². The molecule has 0 radical (unpaired) electrons. The van der Waals surface area contributed by atoms with Gasteiger partial charge in [-0.1, -0.05) is 6.07 Å². The van der Waals surface area contributed by atoms with Gasteiger partial charge in [0.2, 0.25) is 5.95 Å². The Hall–Kier alpha value is -2.57. The summed E-state index contributed by atoms with van der Waals surface area (Å²) in [4.78, 5) is 10.3. The van der Waals surface area contributed by atoms with Gasteiger partial charge in [-0.3, -0.25) is 0 Å². The average Bonchev–Trinajstić information content (AvgIpc) is 3.20. The Morgan fingerprint density at radius 3 is 2.91 bits per heavy atom. The normalized spacial score (nSPS) is 18.0. The summed E-state index contributed by atoms with van der Waals surface area (Å²) in [5.74, 6) is -0.439. The van der Waals surface area contributed by atoms with E-state index in [0.717, 1.165) is 6.42 Å². The highest BCUT2D eigenvalue weighted by atomic mass is 19.1. The molecule has 1 unspecified atom stereocenters. The molecule has 1 aromatic carbocycles. The van der Waals surface area contributed by atoms with Crippen molar-refractivity contribution in [3.05, 3.63) is 53.5 Å². The van der Waals surface area contributed by atoms with Gasteiger partial charge in [0.05, 0.1) is 12.2 Å². The van der Waals surface area contributed by atoms with Crippen molar-refractivity contribution >= 4 is 11.6 Å². The van der Waals surface area contributed by atoms with Crippen LogP contribution in [0, 0.1) is 18.6 Å². The number of halogens is 2. The van der Waals surface area contributed by atoms with Crippen molar-refractivity contribution in [3.8, 4) is 0 Å². The molecule has 0 N–H and O–H groups in total. The third kappa shape index (κ3) is 2.15. The van der Waals surface area contributed by atoms with Gasteiger partial charge in [-0.15, -0.1) is 0 Å². The number of aromatic nitrogens is 4. The van der Waals surface area contributed by atoms with Gasteiger partial charge in [0, 0.05) is 18.2 Å². The predicted octanol–water partition coefficient (Wildman–Crippen LogP) is 3.05. The number of fused-ring (bicyclic) bond motifs is 1. The Bertz CT molecular complexity index is 876. The second-order valence-electron chi connectivity index (χ2n) is 5.72. The van der Waals surface area contributed by atoms with Crippen molar-refractivity contribution in [1.82, 2.24) is 19.6 Å². The van der Waals surface area contributed by atoms with Crippen LogP contribution in [0.1, 0.15) is 30.0 Å². The smallest absolute Gasteiger partial charge is 0.230 e. The van der Waals surface area contributed by atoms with Crippen LogP contribution in [0.3, 0.4) is 0 Å². The maximum absolute atomic E-state index is 14.5. The summed E-state index contributed by atoms with van der Waals surface area (Å²) in [6.07, 6.45) is 4.59. The lowest BCUT2D eigenvalue weighted by molar-refractivity contribution is 0.517. The van der Waals surface area contributed by atoms with E-state index >= 15 is 0 Å². The highest BCUT2D eigenvalue weighted by Crippen LogP contribution is 2.38. The highest BCUT2D eigenvalue weighted by molar-refractivity contribution is 5.47. The van der Waals surface area contributed by atoms with E-state index in [9.17, 15) is 8.78 Å². The molecule has 5 nitrogen and oxygen atoms in total. The Morgan fingerprint density at radius 2 is 2.04 bits per heavy atom. The highest BCUT2D eigenvalue weighted by Gasteiger charge is 2.33. The van der Waals surface area contributed by atoms with Crippen molar-refractivity contribution in [2.75, 3.05) is 11.4 Å². The monoisotopic (exact) mass is 315 g/mol. The van der Waals surface area contributed by atoms with E-state index in [1.807, 2.05) is 4.90 Å². The summed E-state index contributed by atoms with van der Waals surface area (Å²) in [6.45, 7) is 2.32. The number of aryl methyl sites for hydroxylation is 1. The molecule has 2 aromatic heterocycles. The van der Waals surface area contributed by atoms with Crippen LogP contribution in [0.15, 0.2) is 30.7 Å². The second kappa shape index (κ2) is 5.26. The summed E-state index contributed by atoms with van der Waals surface area (Å²) in [6, 6.07) is 4.17. The first-order valence-electron chi connectivity index (χ1n) is 7.52. The minimum absolute atomic E-state index is 0.112. The SMILES string of the molecule is Cc1ccc(F)c(C2CCCN2c2ncnc3ccnn23)c1F. The van der Waals surface area contributed by atoms with Crippen LogP contribution in [0.25, 0.3) is 5.65 Å². The summed E-state index contributed by atoms with van der Waals surface area (Å²) in [7, 11) is 0. The summed E-state index contributed by atoms with van der Waals surface area (Å²) >= 11 is 0. The quantitative estimate of drug-likeness (QED) is 0.729. The maximum Gasteiger partial charge on any atom is 0.230 e. The van der Waals surface area contributed by atoms with Gasteiger partial charge in [0.25, 0.3) is 0 Å². The second-order valence-corrected chi connectivity index (χ2v) is 5.72. The summed E-state index contributed by atoms with van der Waals surface area (Å²) < 4.78 is 30.4. The van der Waals surface area contributed by atoms with E-state index < -0.39 is 17.7 Å². The molecule has 0 spiro atoms. The van der Waals surface area contributed by atoms with Crippen molar-refractivity contribution in [2.24, 2.45) is 0 Å². The fraction of sp³-hybridized carbons (Fsp3) is 0.312. The Kier molecular flexibility index (Phi) is 3.21. The van der Waals surface area contributed by atoms with Crippen molar-refractivity contribution < 1.29 is 8.78 Å². The molecule has 0 amide bonds. The van der Waals surface area contributed by atoms with Crippen LogP contribution in [-0.4, -0.2) is 26.1 Å². The molecule has 7 heteroatoms. The third-order valence-corrected chi connectivity index (χ3v) is 4.34. The first-order chi connectivity index (χ1) is 11.2. The lowest BCUT2D eigenvalue weighted by Gasteiger charge is -2.26. The van der Waals surface area contributed by atoms with Crippen molar-refractivity contribution in [3.63, 3.8) is 0 Å². The van der Waals surface area contributed by atoms with Crippen LogP contribution in [0.4, 0.5) is 14.7 Å². The lowest BCUT2D eigenvalue weighted by atomic mass is 10.0. The summed E-state index contributed by atoms with van der Waals surface area (Å²) in [5.41, 5.74) is 1.22. The van der Waals surface area contributed by atoms with Crippen LogP contribution in [0.5, 0.6) is 0 Å². The molecule has 1 saturated heterocycles. The molecule has 3 heterocycles. The van der Waals surface area contributed by atoms with Crippen LogP contribution in [0.2, 0.25) is 0 Å². The van der Waals surface area contributed by atoms with Gasteiger partial charge in [0.15, 0.2) is 5.65 Å². The first kappa shape index (κ1) is 14.0. The zero-order valence-corrected chi connectivity index (χ0v) is 12.6.